The number of hydrogen-bond donors (Lipinski definition) is 4. The Kier molecular flexibility index (Phi) is 10.0. The average Bonchev–Trinajstić information content (AvgIpc) is 2.58. The first-order valence-electron chi connectivity index (χ1n) is 10.0. The van der Waals surface area contributed by atoms with E-state index in [-0.39, 0.29) is 25.2 Å². The first-order valence-corrected chi connectivity index (χ1v) is 10.0. The third kappa shape index (κ3) is 10.4. The Labute approximate surface area is 177 Å². The van der Waals surface area contributed by atoms with Crippen LogP contribution < -0.4 is 21.5 Å². The van der Waals surface area contributed by atoms with Crippen molar-refractivity contribution in [1.29, 1.82) is 0 Å². The summed E-state index contributed by atoms with van der Waals surface area (Å²) in [5, 5.41) is 11.8. The van der Waals surface area contributed by atoms with Crippen molar-refractivity contribution in [3.8, 4) is 5.75 Å². The van der Waals surface area contributed by atoms with Crippen LogP contribution in [0.25, 0.3) is 0 Å². The molecule has 0 aliphatic heterocycles. The first-order chi connectivity index (χ1) is 13.9. The van der Waals surface area contributed by atoms with Gasteiger partial charge in [-0.25, -0.2) is 9.18 Å². The van der Waals surface area contributed by atoms with E-state index in [0.717, 1.165) is 5.56 Å². The lowest BCUT2D eigenvalue weighted by Gasteiger charge is -2.24. The van der Waals surface area contributed by atoms with E-state index in [1.165, 1.54) is 0 Å². The Hall–Kier alpha value is -2.39. The molecular formula is C21H34FN3O5. The van der Waals surface area contributed by atoms with Gasteiger partial charge < -0.3 is 31.4 Å². The zero-order valence-electron chi connectivity index (χ0n) is 18.2. The molecule has 2 atom stereocenters. The molecule has 1 aromatic carbocycles. The number of carbonyl (C=O) groups is 2. The van der Waals surface area contributed by atoms with Gasteiger partial charge in [-0.15, -0.1) is 0 Å². The summed E-state index contributed by atoms with van der Waals surface area (Å²) in [6.07, 6.45) is -0.0442. The quantitative estimate of drug-likeness (QED) is 0.400. The van der Waals surface area contributed by atoms with Crippen LogP contribution in [0, 0.1) is 12.7 Å². The summed E-state index contributed by atoms with van der Waals surface area (Å²) in [6.45, 7) is 6.95. The average molecular weight is 428 g/mol. The van der Waals surface area contributed by atoms with E-state index in [2.05, 4.69) is 5.32 Å². The number of aryl methyl sites for hydroxylation is 2. The molecule has 0 saturated heterocycles. The maximum Gasteiger partial charge on any atom is 0.407 e. The van der Waals surface area contributed by atoms with Gasteiger partial charge in [0.1, 0.15) is 18.4 Å². The number of halogens is 1. The van der Waals surface area contributed by atoms with Crippen molar-refractivity contribution >= 4 is 12.0 Å². The molecule has 6 N–H and O–H groups in total. The number of hydrogen-bond acceptors (Lipinski definition) is 6. The van der Waals surface area contributed by atoms with Gasteiger partial charge in [0.05, 0.1) is 6.04 Å². The number of benzene rings is 1. The SMILES string of the molecule is Cc1cc(CCCC(N)O)c(F)c(OC[C@H](CCC(N)=O)NC(=O)OC(C)(C)C)c1. The highest BCUT2D eigenvalue weighted by molar-refractivity contribution is 5.74. The van der Waals surface area contributed by atoms with Crippen LogP contribution in [0.3, 0.4) is 0 Å². The van der Waals surface area contributed by atoms with E-state index in [0.29, 0.717) is 24.8 Å². The van der Waals surface area contributed by atoms with Crippen molar-refractivity contribution in [3.05, 3.63) is 29.1 Å². The second kappa shape index (κ2) is 11.7. The maximum atomic E-state index is 14.8. The number of carbonyl (C=O) groups excluding carboxylic acids is 2. The number of alkyl carbamates (subject to hydrolysis) is 1. The molecule has 1 rings (SSSR count). The fraction of sp³-hybridized carbons (Fsp3) is 0.619. The largest absolute Gasteiger partial charge is 0.488 e. The van der Waals surface area contributed by atoms with Gasteiger partial charge in [0, 0.05) is 6.42 Å². The van der Waals surface area contributed by atoms with E-state index in [1.54, 1.807) is 32.9 Å². The number of amides is 2. The zero-order chi connectivity index (χ0) is 22.9. The minimum atomic E-state index is -0.932. The van der Waals surface area contributed by atoms with Gasteiger partial charge in [0.2, 0.25) is 5.91 Å². The Morgan fingerprint density at radius 3 is 2.50 bits per heavy atom. The zero-order valence-corrected chi connectivity index (χ0v) is 18.2. The van der Waals surface area contributed by atoms with Crippen LogP contribution in [0.1, 0.15) is 57.6 Å². The molecule has 2 amide bonds. The molecule has 0 radical (unpaired) electrons. The Bertz CT molecular complexity index is 719. The van der Waals surface area contributed by atoms with Gasteiger partial charge >= 0.3 is 6.09 Å². The molecule has 8 nitrogen and oxygen atoms in total. The summed E-state index contributed by atoms with van der Waals surface area (Å²) in [6, 6.07) is 2.69. The number of nitrogens with two attached hydrogens (primary N) is 2. The third-order valence-electron chi connectivity index (χ3n) is 4.11. The molecule has 0 fully saturated rings. The van der Waals surface area contributed by atoms with Crippen molar-refractivity contribution in [2.75, 3.05) is 6.61 Å². The number of rotatable bonds is 11. The number of aliphatic hydroxyl groups is 1. The molecule has 0 saturated carbocycles. The minimum Gasteiger partial charge on any atom is -0.488 e. The Morgan fingerprint density at radius 2 is 1.93 bits per heavy atom. The molecule has 0 aliphatic rings. The summed E-state index contributed by atoms with van der Waals surface area (Å²) >= 11 is 0. The highest BCUT2D eigenvalue weighted by Crippen LogP contribution is 2.25. The van der Waals surface area contributed by atoms with Gasteiger partial charge in [0.15, 0.2) is 11.6 Å². The molecule has 1 unspecified atom stereocenters. The monoisotopic (exact) mass is 427 g/mol. The molecule has 0 spiro atoms. The predicted octanol–water partition coefficient (Wildman–Crippen LogP) is 2.27. The second-order valence-corrected chi connectivity index (χ2v) is 8.35. The van der Waals surface area contributed by atoms with Crippen molar-refractivity contribution in [3.63, 3.8) is 0 Å². The van der Waals surface area contributed by atoms with Crippen molar-refractivity contribution in [2.45, 2.75) is 77.7 Å². The number of nitrogens with one attached hydrogen (secondary N) is 1. The molecule has 30 heavy (non-hydrogen) atoms. The highest BCUT2D eigenvalue weighted by atomic mass is 19.1. The van der Waals surface area contributed by atoms with Crippen LogP contribution in [-0.2, 0) is 16.0 Å². The van der Waals surface area contributed by atoms with Gasteiger partial charge in [-0.05, 0) is 70.6 Å². The number of primary amides is 1. The summed E-state index contributed by atoms with van der Waals surface area (Å²) in [5.74, 6) is -0.969. The van der Waals surface area contributed by atoms with E-state index < -0.39 is 35.7 Å². The maximum absolute atomic E-state index is 14.8. The fourth-order valence-electron chi connectivity index (χ4n) is 2.78. The normalized spacial score (nSPS) is 13.4. The smallest absolute Gasteiger partial charge is 0.407 e. The van der Waals surface area contributed by atoms with E-state index in [9.17, 15) is 14.0 Å². The van der Waals surface area contributed by atoms with E-state index in [1.807, 2.05) is 6.92 Å². The third-order valence-corrected chi connectivity index (χ3v) is 4.11. The van der Waals surface area contributed by atoms with E-state index >= 15 is 0 Å². The Balaban J connectivity index is 2.84. The van der Waals surface area contributed by atoms with Gasteiger partial charge in [0.25, 0.3) is 0 Å². The van der Waals surface area contributed by atoms with Crippen LogP contribution in [-0.4, -0.2) is 41.6 Å². The highest BCUT2D eigenvalue weighted by Gasteiger charge is 2.21. The molecule has 170 valence electrons. The molecule has 1 aromatic rings. The summed E-state index contributed by atoms with van der Waals surface area (Å²) in [5.41, 5.74) is 11.1. The van der Waals surface area contributed by atoms with Crippen molar-refractivity contribution < 1.29 is 28.6 Å². The summed E-state index contributed by atoms with van der Waals surface area (Å²) in [4.78, 5) is 23.2. The van der Waals surface area contributed by atoms with Crippen molar-refractivity contribution in [2.24, 2.45) is 11.5 Å². The Morgan fingerprint density at radius 1 is 1.27 bits per heavy atom. The molecule has 0 aliphatic carbocycles. The molecular weight excluding hydrogens is 393 g/mol. The van der Waals surface area contributed by atoms with Crippen LogP contribution in [0.4, 0.5) is 9.18 Å². The number of ether oxygens (including phenoxy) is 2. The summed E-state index contributed by atoms with van der Waals surface area (Å²) in [7, 11) is 0. The molecule has 0 bridgehead atoms. The van der Waals surface area contributed by atoms with Crippen LogP contribution in [0.5, 0.6) is 5.75 Å². The van der Waals surface area contributed by atoms with Crippen LogP contribution in [0.15, 0.2) is 12.1 Å². The molecule has 9 heteroatoms. The fourth-order valence-corrected chi connectivity index (χ4v) is 2.78. The standard InChI is InChI=1S/C21H34FN3O5/c1-13-10-14(6-5-7-17(23)26)19(22)16(11-13)29-12-15(8-9-18(24)27)25-20(28)30-21(2,3)4/h10-11,15,17,26H,5-9,12,23H2,1-4H3,(H2,24,27)(H,25,28)/t15-,17?/m0/s1. The van der Waals surface area contributed by atoms with Gasteiger partial charge in [-0.2, -0.15) is 0 Å². The van der Waals surface area contributed by atoms with Gasteiger partial charge in [-0.3, -0.25) is 4.79 Å². The lowest BCUT2D eigenvalue weighted by atomic mass is 10.0. The lowest BCUT2D eigenvalue weighted by molar-refractivity contribution is -0.118. The van der Waals surface area contributed by atoms with E-state index in [4.69, 9.17) is 26.0 Å². The van der Waals surface area contributed by atoms with Crippen molar-refractivity contribution in [1.82, 2.24) is 5.32 Å². The number of aliphatic hydroxyl groups excluding tert-OH is 1. The molecule has 0 aromatic heterocycles. The second-order valence-electron chi connectivity index (χ2n) is 8.35. The van der Waals surface area contributed by atoms with Crippen LogP contribution in [0.2, 0.25) is 0 Å². The topological polar surface area (TPSA) is 137 Å². The van der Waals surface area contributed by atoms with Crippen LogP contribution >= 0.6 is 0 Å². The lowest BCUT2D eigenvalue weighted by Crippen LogP contribution is -2.42. The minimum absolute atomic E-state index is 0.0345. The molecule has 0 heterocycles. The summed E-state index contributed by atoms with van der Waals surface area (Å²) < 4.78 is 25.7. The first kappa shape index (κ1) is 25.6. The predicted molar refractivity (Wildman–Crippen MR) is 111 cm³/mol. The van der Waals surface area contributed by atoms with Gasteiger partial charge in [-0.1, -0.05) is 6.07 Å².